The molecule has 2 rings (SSSR count). The Kier molecular flexibility index (Phi) is 6.13. The number of rotatable bonds is 7. The third-order valence-corrected chi connectivity index (χ3v) is 4.82. The van der Waals surface area contributed by atoms with Crippen LogP contribution in [-0.2, 0) is 14.4 Å². The van der Waals surface area contributed by atoms with Crippen LogP contribution in [0.2, 0.25) is 5.28 Å². The highest BCUT2D eigenvalue weighted by Gasteiger charge is 2.49. The van der Waals surface area contributed by atoms with Gasteiger partial charge in [0.1, 0.15) is 22.5 Å². The molecule has 0 radical (unpaired) electrons. The molecule has 1 fully saturated rings. The first kappa shape index (κ1) is 18.3. The molecule has 0 aromatic carbocycles. The molecule has 1 saturated heterocycles. The number of ether oxygens (including phenoxy) is 1. The summed E-state index contributed by atoms with van der Waals surface area (Å²) < 4.78 is 5.44. The van der Waals surface area contributed by atoms with E-state index < -0.39 is 11.2 Å². The molecule has 0 atom stereocenters. The first-order valence-electron chi connectivity index (χ1n) is 7.37. The van der Waals surface area contributed by atoms with E-state index in [1.165, 1.54) is 5.23 Å². The van der Waals surface area contributed by atoms with Gasteiger partial charge in [-0.05, 0) is 51.8 Å². The lowest BCUT2D eigenvalue weighted by molar-refractivity contribution is -0.293. The van der Waals surface area contributed by atoms with Crippen LogP contribution in [0.25, 0.3) is 0 Å². The van der Waals surface area contributed by atoms with Gasteiger partial charge in [-0.25, -0.2) is 19.6 Å². The monoisotopic (exact) mass is 359 g/mol. The van der Waals surface area contributed by atoms with Gasteiger partial charge in [-0.3, -0.25) is 0 Å². The highest BCUT2D eigenvalue weighted by molar-refractivity contribution is 7.99. The summed E-state index contributed by atoms with van der Waals surface area (Å²) in [6, 6.07) is 1.84. The number of thioether (sulfide) groups is 1. The van der Waals surface area contributed by atoms with Crippen molar-refractivity contribution in [2.75, 3.05) is 12.4 Å². The van der Waals surface area contributed by atoms with Gasteiger partial charge < -0.3 is 4.74 Å². The highest BCUT2D eigenvalue weighted by Crippen LogP contribution is 2.37. The molecule has 0 N–H and O–H groups in total. The Labute approximate surface area is 146 Å². The molecular weight excluding hydrogens is 338 g/mol. The summed E-state index contributed by atoms with van der Waals surface area (Å²) in [5.74, 6) is 0.887. The molecule has 1 aliphatic heterocycles. The Morgan fingerprint density at radius 1 is 1.30 bits per heavy atom. The minimum atomic E-state index is -0.396. The van der Waals surface area contributed by atoms with Gasteiger partial charge in [-0.1, -0.05) is 0 Å². The fraction of sp³-hybridized carbons (Fsp3) is 0.600. The van der Waals surface area contributed by atoms with Crippen LogP contribution in [0.5, 0.6) is 0 Å². The van der Waals surface area contributed by atoms with Crippen LogP contribution in [0.15, 0.2) is 29.8 Å². The average Bonchev–Trinajstić information content (AvgIpc) is 2.65. The number of hydroxylamine groups is 2. The molecule has 0 unspecified atom stereocenters. The van der Waals surface area contributed by atoms with E-state index in [-0.39, 0.29) is 5.28 Å². The third kappa shape index (κ3) is 5.24. The molecule has 1 aliphatic rings. The number of hydrogen-bond donors (Lipinski definition) is 0. The van der Waals surface area contributed by atoms with Crippen molar-refractivity contribution in [2.24, 2.45) is 0 Å². The van der Waals surface area contributed by atoms with Crippen LogP contribution in [-0.4, -0.2) is 38.8 Å². The molecule has 1 aromatic heterocycles. The number of hydrogen-bond acceptors (Lipinski definition) is 7. The zero-order valence-corrected chi connectivity index (χ0v) is 15.4. The quantitative estimate of drug-likeness (QED) is 0.241. The minimum absolute atomic E-state index is 0.269. The van der Waals surface area contributed by atoms with Gasteiger partial charge in [0.2, 0.25) is 5.28 Å². The lowest BCUT2D eigenvalue weighted by Crippen LogP contribution is -2.41. The first-order chi connectivity index (χ1) is 10.8. The summed E-state index contributed by atoms with van der Waals surface area (Å²) in [5, 5.41) is 2.48. The normalized spacial score (nSPS) is 19.4. The summed E-state index contributed by atoms with van der Waals surface area (Å²) in [5.41, 5.74) is -0.792. The van der Waals surface area contributed by atoms with E-state index in [0.717, 1.165) is 17.2 Å². The Morgan fingerprint density at radius 3 is 2.65 bits per heavy atom. The van der Waals surface area contributed by atoms with Crippen molar-refractivity contribution in [2.45, 2.75) is 50.3 Å². The predicted molar refractivity (Wildman–Crippen MR) is 89.6 cm³/mol. The summed E-state index contributed by atoms with van der Waals surface area (Å²) >= 11 is 7.35. The SMILES string of the molecule is CC1(C)ON(/C=C/OCCCSc2ccnc(Cl)n2)OC1(C)C. The average molecular weight is 360 g/mol. The number of aromatic nitrogens is 2. The fourth-order valence-corrected chi connectivity index (χ4v) is 2.61. The Balaban J connectivity index is 1.61. The van der Waals surface area contributed by atoms with E-state index in [0.29, 0.717) is 6.61 Å². The van der Waals surface area contributed by atoms with Gasteiger partial charge >= 0.3 is 0 Å². The fourth-order valence-electron chi connectivity index (χ4n) is 1.63. The molecular formula is C15H22ClN3O3S. The van der Waals surface area contributed by atoms with Crippen molar-refractivity contribution in [3.8, 4) is 0 Å². The lowest BCUT2D eigenvalue weighted by atomic mass is 9.90. The molecule has 1 aromatic rings. The van der Waals surface area contributed by atoms with Crippen LogP contribution >= 0.6 is 23.4 Å². The second-order valence-electron chi connectivity index (χ2n) is 6.01. The molecule has 0 bridgehead atoms. The molecule has 2 heterocycles. The van der Waals surface area contributed by atoms with Gasteiger partial charge in [-0.15, -0.1) is 17.0 Å². The van der Waals surface area contributed by atoms with Crippen molar-refractivity contribution in [1.82, 2.24) is 15.2 Å². The van der Waals surface area contributed by atoms with E-state index in [1.54, 1.807) is 30.4 Å². The second-order valence-corrected chi connectivity index (χ2v) is 7.46. The Hall–Kier alpha value is -1.02. The van der Waals surface area contributed by atoms with E-state index in [1.807, 2.05) is 33.8 Å². The van der Waals surface area contributed by atoms with Crippen LogP contribution in [0.1, 0.15) is 34.1 Å². The third-order valence-electron chi connectivity index (χ3n) is 3.62. The van der Waals surface area contributed by atoms with Gasteiger partial charge in [0.15, 0.2) is 0 Å². The molecule has 128 valence electrons. The molecule has 0 aliphatic carbocycles. The molecule has 6 nitrogen and oxygen atoms in total. The smallest absolute Gasteiger partial charge is 0.223 e. The van der Waals surface area contributed by atoms with Crippen molar-refractivity contribution in [1.29, 1.82) is 0 Å². The molecule has 0 amide bonds. The first-order valence-corrected chi connectivity index (χ1v) is 8.74. The van der Waals surface area contributed by atoms with Gasteiger partial charge in [0.05, 0.1) is 12.8 Å². The molecule has 8 heteroatoms. The highest BCUT2D eigenvalue weighted by atomic mass is 35.5. The van der Waals surface area contributed by atoms with Crippen LogP contribution < -0.4 is 0 Å². The number of halogens is 1. The van der Waals surface area contributed by atoms with Gasteiger partial charge in [-0.2, -0.15) is 0 Å². The van der Waals surface area contributed by atoms with Gasteiger partial charge in [0.25, 0.3) is 0 Å². The maximum absolute atomic E-state index is 5.73. The van der Waals surface area contributed by atoms with Crippen molar-refractivity contribution in [3.63, 3.8) is 0 Å². The summed E-state index contributed by atoms with van der Waals surface area (Å²) in [6.07, 6.45) is 5.74. The van der Waals surface area contributed by atoms with Gasteiger partial charge in [0, 0.05) is 11.9 Å². The zero-order chi connectivity index (χ0) is 16.9. The maximum Gasteiger partial charge on any atom is 0.223 e. The van der Waals surface area contributed by atoms with Crippen LogP contribution in [0, 0.1) is 0 Å². The largest absolute Gasteiger partial charge is 0.499 e. The minimum Gasteiger partial charge on any atom is -0.499 e. The standard InChI is InChI=1S/C15H22ClN3O3S/c1-14(2)15(3,4)22-19(21-14)8-10-20-9-5-11-23-12-6-7-17-13(16)18-12/h6-8,10H,5,9,11H2,1-4H3/b10-8+. The van der Waals surface area contributed by atoms with Crippen molar-refractivity contribution >= 4 is 23.4 Å². The Bertz CT molecular complexity index is 539. The molecule has 0 saturated carbocycles. The maximum atomic E-state index is 5.73. The predicted octanol–water partition coefficient (Wildman–Crippen LogP) is 3.84. The van der Waals surface area contributed by atoms with Crippen LogP contribution in [0.4, 0.5) is 0 Å². The summed E-state index contributed by atoms with van der Waals surface area (Å²) in [7, 11) is 0. The number of nitrogens with zero attached hydrogens (tertiary/aromatic N) is 3. The topological polar surface area (TPSA) is 56.7 Å². The second kappa shape index (κ2) is 7.70. The zero-order valence-electron chi connectivity index (χ0n) is 13.8. The molecule has 0 spiro atoms. The van der Waals surface area contributed by atoms with E-state index >= 15 is 0 Å². The Morgan fingerprint density at radius 2 is 2.00 bits per heavy atom. The van der Waals surface area contributed by atoms with E-state index in [9.17, 15) is 0 Å². The lowest BCUT2D eigenvalue weighted by Gasteiger charge is -2.26. The summed E-state index contributed by atoms with van der Waals surface area (Å²) in [6.45, 7) is 8.54. The van der Waals surface area contributed by atoms with E-state index in [4.69, 9.17) is 26.0 Å². The molecule has 23 heavy (non-hydrogen) atoms. The van der Waals surface area contributed by atoms with Crippen molar-refractivity contribution in [3.05, 3.63) is 30.0 Å². The summed E-state index contributed by atoms with van der Waals surface area (Å²) in [4.78, 5) is 19.3. The van der Waals surface area contributed by atoms with Crippen molar-refractivity contribution < 1.29 is 14.4 Å². The van der Waals surface area contributed by atoms with Crippen LogP contribution in [0.3, 0.4) is 0 Å². The van der Waals surface area contributed by atoms with E-state index in [2.05, 4.69) is 9.97 Å².